The summed E-state index contributed by atoms with van der Waals surface area (Å²) in [5, 5.41) is 16.0. The van der Waals surface area contributed by atoms with Gasteiger partial charge in [-0.1, -0.05) is 0 Å². The Kier molecular flexibility index (Phi) is 4.44. The number of aromatic amines is 1. The number of aromatic nitrogens is 3. The molecule has 1 atom stereocenters. The second-order valence-electron chi connectivity index (χ2n) is 5.54. The summed E-state index contributed by atoms with van der Waals surface area (Å²) in [6.45, 7) is 2.58. The minimum Gasteiger partial charge on any atom is -0.395 e. The first-order valence-electron chi connectivity index (χ1n) is 7.38. The van der Waals surface area contributed by atoms with Crippen molar-refractivity contribution in [2.24, 2.45) is 0 Å². The van der Waals surface area contributed by atoms with Crippen molar-refractivity contribution in [3.05, 3.63) is 35.7 Å². The number of likely N-dealkylation sites (tertiary alicyclic amines) is 1. The van der Waals surface area contributed by atoms with Crippen molar-refractivity contribution in [1.82, 2.24) is 20.1 Å². The zero-order chi connectivity index (χ0) is 15.5. The lowest BCUT2D eigenvalue weighted by Gasteiger charge is -2.30. The van der Waals surface area contributed by atoms with Gasteiger partial charge in [0.05, 0.1) is 6.61 Å². The van der Waals surface area contributed by atoms with E-state index in [9.17, 15) is 8.78 Å². The Morgan fingerprint density at radius 1 is 1.32 bits per heavy atom. The molecule has 1 saturated heterocycles. The van der Waals surface area contributed by atoms with Gasteiger partial charge in [0.1, 0.15) is 5.82 Å². The van der Waals surface area contributed by atoms with E-state index in [1.165, 1.54) is 6.07 Å². The minimum atomic E-state index is -0.907. The molecule has 1 aliphatic rings. The smallest absolute Gasteiger partial charge is 0.181 e. The molecule has 2 N–H and O–H groups in total. The largest absolute Gasteiger partial charge is 0.395 e. The first kappa shape index (κ1) is 15.1. The Balaban J connectivity index is 1.76. The van der Waals surface area contributed by atoms with Gasteiger partial charge in [0.2, 0.25) is 0 Å². The first-order valence-corrected chi connectivity index (χ1v) is 7.38. The van der Waals surface area contributed by atoms with Crippen molar-refractivity contribution in [2.45, 2.75) is 18.8 Å². The number of β-amino-alcohol motifs (C(OH)–C–C–N with tert-alkyl or cyclic N) is 1. The zero-order valence-corrected chi connectivity index (χ0v) is 12.1. The van der Waals surface area contributed by atoms with Crippen LogP contribution >= 0.6 is 0 Å². The van der Waals surface area contributed by atoms with Crippen molar-refractivity contribution in [1.29, 1.82) is 0 Å². The van der Waals surface area contributed by atoms with Crippen LogP contribution < -0.4 is 0 Å². The van der Waals surface area contributed by atoms with E-state index in [0.717, 1.165) is 43.9 Å². The summed E-state index contributed by atoms with van der Waals surface area (Å²) in [6, 6.07) is 3.63. The number of halogens is 2. The Labute approximate surface area is 127 Å². The molecule has 1 aromatic heterocycles. The number of hydrogen-bond acceptors (Lipinski definition) is 4. The maximum absolute atomic E-state index is 13.3. The molecular weight excluding hydrogens is 290 g/mol. The number of nitrogens with zero attached hydrogens (tertiary/aromatic N) is 3. The van der Waals surface area contributed by atoms with E-state index < -0.39 is 11.6 Å². The average Bonchev–Trinajstić information content (AvgIpc) is 3.01. The van der Waals surface area contributed by atoms with Crippen LogP contribution in [0.15, 0.2) is 18.2 Å². The fraction of sp³-hybridized carbons (Fsp3) is 0.467. The van der Waals surface area contributed by atoms with Crippen LogP contribution in [0.2, 0.25) is 0 Å². The summed E-state index contributed by atoms with van der Waals surface area (Å²) in [6.07, 6.45) is 2.03. The molecule has 0 spiro atoms. The van der Waals surface area contributed by atoms with Crippen LogP contribution in [0.3, 0.4) is 0 Å². The van der Waals surface area contributed by atoms with Gasteiger partial charge in [0.15, 0.2) is 17.5 Å². The van der Waals surface area contributed by atoms with E-state index in [1.807, 2.05) is 0 Å². The van der Waals surface area contributed by atoms with Gasteiger partial charge in [0, 0.05) is 24.6 Å². The molecule has 0 bridgehead atoms. The van der Waals surface area contributed by atoms with Crippen LogP contribution in [0.4, 0.5) is 8.78 Å². The molecule has 118 valence electrons. The molecule has 1 aliphatic heterocycles. The van der Waals surface area contributed by atoms with Crippen LogP contribution in [-0.2, 0) is 0 Å². The number of benzene rings is 1. The van der Waals surface area contributed by atoms with Crippen molar-refractivity contribution >= 4 is 0 Å². The van der Waals surface area contributed by atoms with E-state index >= 15 is 0 Å². The number of piperidine rings is 1. The monoisotopic (exact) mass is 308 g/mol. The normalized spacial score (nSPS) is 19.5. The van der Waals surface area contributed by atoms with Gasteiger partial charge in [-0.2, -0.15) is 5.10 Å². The molecule has 5 nitrogen and oxygen atoms in total. The third-order valence-corrected chi connectivity index (χ3v) is 3.99. The zero-order valence-electron chi connectivity index (χ0n) is 12.1. The highest BCUT2D eigenvalue weighted by Gasteiger charge is 2.24. The molecular formula is C15H18F2N4O. The lowest BCUT2D eigenvalue weighted by molar-refractivity contribution is 0.159. The predicted octanol–water partition coefficient (Wildman–Crippen LogP) is 1.92. The molecule has 0 saturated carbocycles. The Hall–Kier alpha value is -1.86. The lowest BCUT2D eigenvalue weighted by atomic mass is 9.97. The van der Waals surface area contributed by atoms with Gasteiger partial charge >= 0.3 is 0 Å². The van der Waals surface area contributed by atoms with Gasteiger partial charge in [-0.15, -0.1) is 0 Å². The molecule has 3 rings (SSSR count). The van der Waals surface area contributed by atoms with Crippen molar-refractivity contribution in [2.75, 3.05) is 26.2 Å². The van der Waals surface area contributed by atoms with E-state index in [4.69, 9.17) is 5.11 Å². The summed E-state index contributed by atoms with van der Waals surface area (Å²) in [5.41, 5.74) is 0.449. The number of aliphatic hydroxyl groups excluding tert-OH is 1. The highest BCUT2D eigenvalue weighted by molar-refractivity contribution is 5.54. The molecule has 0 aliphatic carbocycles. The predicted molar refractivity (Wildman–Crippen MR) is 77.2 cm³/mol. The van der Waals surface area contributed by atoms with Crippen LogP contribution in [-0.4, -0.2) is 51.4 Å². The molecule has 0 unspecified atom stereocenters. The van der Waals surface area contributed by atoms with Gasteiger partial charge in [0.25, 0.3) is 0 Å². The number of rotatable bonds is 4. The molecule has 0 radical (unpaired) electrons. The Morgan fingerprint density at radius 2 is 2.18 bits per heavy atom. The third-order valence-electron chi connectivity index (χ3n) is 3.99. The molecule has 1 aromatic carbocycles. The van der Waals surface area contributed by atoms with E-state index in [2.05, 4.69) is 20.1 Å². The van der Waals surface area contributed by atoms with Crippen LogP contribution in [0.25, 0.3) is 11.4 Å². The molecule has 2 aromatic rings. The van der Waals surface area contributed by atoms with E-state index in [1.54, 1.807) is 0 Å². The number of hydrogen-bond donors (Lipinski definition) is 2. The maximum atomic E-state index is 13.3. The Morgan fingerprint density at radius 3 is 2.95 bits per heavy atom. The van der Waals surface area contributed by atoms with E-state index in [0.29, 0.717) is 17.9 Å². The second-order valence-corrected chi connectivity index (χ2v) is 5.54. The fourth-order valence-corrected chi connectivity index (χ4v) is 2.84. The van der Waals surface area contributed by atoms with Crippen molar-refractivity contribution in [3.63, 3.8) is 0 Å². The van der Waals surface area contributed by atoms with Crippen molar-refractivity contribution in [3.8, 4) is 11.4 Å². The fourth-order valence-electron chi connectivity index (χ4n) is 2.84. The Bertz CT molecular complexity index is 644. The topological polar surface area (TPSA) is 65.0 Å². The van der Waals surface area contributed by atoms with Crippen LogP contribution in [0.1, 0.15) is 24.6 Å². The molecule has 7 heteroatoms. The molecule has 0 amide bonds. The third kappa shape index (κ3) is 3.15. The molecule has 1 fully saturated rings. The van der Waals surface area contributed by atoms with E-state index in [-0.39, 0.29) is 12.5 Å². The van der Waals surface area contributed by atoms with Gasteiger partial charge in [-0.3, -0.25) is 5.10 Å². The average molecular weight is 308 g/mol. The lowest BCUT2D eigenvalue weighted by Crippen LogP contribution is -2.36. The molecule has 2 heterocycles. The first-order chi connectivity index (χ1) is 10.7. The summed E-state index contributed by atoms with van der Waals surface area (Å²) < 4.78 is 26.3. The molecule has 22 heavy (non-hydrogen) atoms. The summed E-state index contributed by atoms with van der Waals surface area (Å²) in [5.74, 6) is -0.454. The van der Waals surface area contributed by atoms with Gasteiger partial charge in [-0.05, 0) is 37.6 Å². The minimum absolute atomic E-state index is 0.142. The summed E-state index contributed by atoms with van der Waals surface area (Å²) >= 11 is 0. The van der Waals surface area contributed by atoms with Gasteiger partial charge in [-0.25, -0.2) is 13.8 Å². The van der Waals surface area contributed by atoms with Crippen LogP contribution in [0.5, 0.6) is 0 Å². The highest BCUT2D eigenvalue weighted by Crippen LogP contribution is 2.26. The van der Waals surface area contributed by atoms with Gasteiger partial charge < -0.3 is 10.0 Å². The number of nitrogens with one attached hydrogen (secondary N) is 1. The SMILES string of the molecule is OCCN1CCC[C@H](c2nc(-c3ccc(F)c(F)c3)n[nH]2)C1. The van der Waals surface area contributed by atoms with Crippen molar-refractivity contribution < 1.29 is 13.9 Å². The standard InChI is InChI=1S/C15H18F2N4O/c16-12-4-3-10(8-13(12)17)14-18-15(20-19-14)11-2-1-5-21(9-11)6-7-22/h3-4,8,11,22H,1-2,5-7,9H2,(H,18,19,20)/t11-/m0/s1. The maximum Gasteiger partial charge on any atom is 0.181 e. The summed E-state index contributed by atoms with van der Waals surface area (Å²) in [7, 11) is 0. The quantitative estimate of drug-likeness (QED) is 0.906. The number of H-pyrrole nitrogens is 1. The highest BCUT2D eigenvalue weighted by atomic mass is 19.2. The summed E-state index contributed by atoms with van der Waals surface area (Å²) in [4.78, 5) is 6.61. The second kappa shape index (κ2) is 6.50. The number of aliphatic hydroxyl groups is 1. The van der Waals surface area contributed by atoms with Crippen LogP contribution in [0, 0.1) is 11.6 Å².